The lowest BCUT2D eigenvalue weighted by molar-refractivity contribution is -0.137. The zero-order valence-corrected chi connectivity index (χ0v) is 15.5. The van der Waals surface area contributed by atoms with E-state index < -0.39 is 0 Å². The average Bonchev–Trinajstić information content (AvgIpc) is 3.12. The molecule has 0 saturated carbocycles. The van der Waals surface area contributed by atoms with E-state index in [4.69, 9.17) is 9.57 Å². The van der Waals surface area contributed by atoms with Crippen LogP contribution in [0.4, 0.5) is 4.39 Å². The van der Waals surface area contributed by atoms with Gasteiger partial charge < -0.3 is 14.5 Å². The van der Waals surface area contributed by atoms with Crippen LogP contribution in [0.15, 0.2) is 53.7 Å². The summed E-state index contributed by atoms with van der Waals surface area (Å²) in [6, 6.07) is 14.5. The molecule has 1 heterocycles. The first-order valence-electron chi connectivity index (χ1n) is 8.86. The maximum absolute atomic E-state index is 14.0. The number of carbonyl (C=O) groups excluding carboxylic acids is 1. The van der Waals surface area contributed by atoms with Crippen molar-refractivity contribution in [3.8, 4) is 0 Å². The van der Waals surface area contributed by atoms with E-state index in [0.29, 0.717) is 18.5 Å². The predicted molar refractivity (Wildman–Crippen MR) is 101 cm³/mol. The van der Waals surface area contributed by atoms with Crippen LogP contribution < -0.4 is 0 Å². The van der Waals surface area contributed by atoms with Crippen molar-refractivity contribution >= 4 is 11.6 Å². The summed E-state index contributed by atoms with van der Waals surface area (Å²) in [6.45, 7) is 2.44. The monoisotopic (exact) mass is 370 g/mol. The standard InChI is InChI=1S/C21H23FN2O3/c1-15-7-9-16(10-8-15)20-11-18(27-23-20)13-24(21(25)14-26-2)12-17-5-3-4-6-19(17)22/h3-10,18H,11-14H2,1-2H3/t18-/m0/s1. The molecule has 2 aromatic carbocycles. The van der Waals surface area contributed by atoms with Crippen molar-refractivity contribution in [1.29, 1.82) is 0 Å². The van der Waals surface area contributed by atoms with Crippen LogP contribution >= 0.6 is 0 Å². The molecule has 0 fully saturated rings. The molecule has 0 aliphatic carbocycles. The molecule has 2 aromatic rings. The number of hydrogen-bond donors (Lipinski definition) is 0. The van der Waals surface area contributed by atoms with Gasteiger partial charge in [0.05, 0.1) is 12.3 Å². The molecule has 6 heteroatoms. The molecule has 0 bridgehead atoms. The van der Waals surface area contributed by atoms with Crippen LogP contribution in [0.25, 0.3) is 0 Å². The molecule has 1 aliphatic heterocycles. The van der Waals surface area contributed by atoms with Crippen LogP contribution in [0.5, 0.6) is 0 Å². The molecule has 0 radical (unpaired) electrons. The fourth-order valence-electron chi connectivity index (χ4n) is 2.99. The van der Waals surface area contributed by atoms with Crippen LogP contribution in [0.2, 0.25) is 0 Å². The van der Waals surface area contributed by atoms with Crippen LogP contribution in [0.1, 0.15) is 23.1 Å². The Bertz CT molecular complexity index is 820. The normalized spacial score (nSPS) is 16.0. The molecule has 0 aromatic heterocycles. The molecule has 3 rings (SSSR count). The molecule has 27 heavy (non-hydrogen) atoms. The van der Waals surface area contributed by atoms with E-state index in [2.05, 4.69) is 5.16 Å². The number of oxime groups is 1. The molecule has 0 N–H and O–H groups in total. The first-order chi connectivity index (χ1) is 13.1. The topological polar surface area (TPSA) is 51.1 Å². The Labute approximate surface area is 158 Å². The Morgan fingerprint density at radius 1 is 1.26 bits per heavy atom. The maximum atomic E-state index is 14.0. The third-order valence-electron chi connectivity index (χ3n) is 4.48. The average molecular weight is 370 g/mol. The van der Waals surface area contributed by atoms with E-state index in [-0.39, 0.29) is 31.0 Å². The van der Waals surface area contributed by atoms with E-state index in [0.717, 1.165) is 11.3 Å². The number of halogens is 1. The first kappa shape index (κ1) is 19.0. The van der Waals surface area contributed by atoms with Gasteiger partial charge in [-0.05, 0) is 18.6 Å². The third kappa shape index (κ3) is 4.92. The number of rotatable bonds is 7. The molecule has 142 valence electrons. The van der Waals surface area contributed by atoms with Gasteiger partial charge in [-0.15, -0.1) is 0 Å². The molecule has 1 atom stereocenters. The highest BCUT2D eigenvalue weighted by Crippen LogP contribution is 2.19. The van der Waals surface area contributed by atoms with Gasteiger partial charge in [0.25, 0.3) is 0 Å². The molecular formula is C21H23FN2O3. The second-order valence-corrected chi connectivity index (χ2v) is 6.63. The largest absolute Gasteiger partial charge is 0.390 e. The number of methoxy groups -OCH3 is 1. The Balaban J connectivity index is 1.67. The smallest absolute Gasteiger partial charge is 0.248 e. The number of amides is 1. The lowest BCUT2D eigenvalue weighted by atomic mass is 10.0. The lowest BCUT2D eigenvalue weighted by Crippen LogP contribution is -2.39. The summed E-state index contributed by atoms with van der Waals surface area (Å²) in [5.74, 6) is -0.551. The van der Waals surface area contributed by atoms with Crippen molar-refractivity contribution in [3.63, 3.8) is 0 Å². The van der Waals surface area contributed by atoms with Crippen LogP contribution in [0, 0.1) is 12.7 Å². The number of benzene rings is 2. The fourth-order valence-corrected chi connectivity index (χ4v) is 2.99. The Kier molecular flexibility index (Phi) is 6.19. The van der Waals surface area contributed by atoms with Gasteiger partial charge in [-0.1, -0.05) is 53.2 Å². The predicted octanol–water partition coefficient (Wildman–Crippen LogP) is 3.30. The van der Waals surface area contributed by atoms with Gasteiger partial charge in [0.2, 0.25) is 5.91 Å². The van der Waals surface area contributed by atoms with Crippen molar-refractivity contribution in [2.75, 3.05) is 20.3 Å². The fraction of sp³-hybridized carbons (Fsp3) is 0.333. The first-order valence-corrected chi connectivity index (χ1v) is 8.86. The number of aryl methyl sites for hydroxylation is 1. The van der Waals surface area contributed by atoms with Gasteiger partial charge in [-0.2, -0.15) is 0 Å². The minimum atomic E-state index is -0.336. The molecule has 0 saturated heterocycles. The van der Waals surface area contributed by atoms with Crippen LogP contribution in [-0.2, 0) is 20.9 Å². The lowest BCUT2D eigenvalue weighted by Gasteiger charge is -2.25. The van der Waals surface area contributed by atoms with E-state index in [1.807, 2.05) is 31.2 Å². The molecule has 1 aliphatic rings. The highest BCUT2D eigenvalue weighted by molar-refractivity contribution is 6.01. The summed E-state index contributed by atoms with van der Waals surface area (Å²) in [6.07, 6.45) is 0.325. The van der Waals surface area contributed by atoms with Crippen molar-refractivity contribution in [2.45, 2.75) is 26.0 Å². The summed E-state index contributed by atoms with van der Waals surface area (Å²) in [7, 11) is 1.46. The van der Waals surface area contributed by atoms with E-state index in [1.165, 1.54) is 18.7 Å². The molecule has 1 amide bonds. The number of nitrogens with zero attached hydrogens (tertiary/aromatic N) is 2. The molecule has 0 unspecified atom stereocenters. The highest BCUT2D eigenvalue weighted by Gasteiger charge is 2.27. The van der Waals surface area contributed by atoms with E-state index >= 15 is 0 Å². The molecule has 5 nitrogen and oxygen atoms in total. The summed E-state index contributed by atoms with van der Waals surface area (Å²) >= 11 is 0. The number of carbonyl (C=O) groups is 1. The summed E-state index contributed by atoms with van der Waals surface area (Å²) in [5, 5.41) is 4.17. The quantitative estimate of drug-likeness (QED) is 0.751. The Morgan fingerprint density at radius 3 is 2.70 bits per heavy atom. The van der Waals surface area contributed by atoms with Crippen molar-refractivity contribution in [2.24, 2.45) is 5.16 Å². The number of hydrogen-bond acceptors (Lipinski definition) is 4. The zero-order valence-electron chi connectivity index (χ0n) is 15.5. The SMILES string of the molecule is COCC(=O)N(Cc1ccccc1F)C[C@@H]1CC(c2ccc(C)cc2)=NO1. The van der Waals surface area contributed by atoms with Crippen molar-refractivity contribution < 1.29 is 18.8 Å². The van der Waals surface area contributed by atoms with Gasteiger partial charge in [-0.3, -0.25) is 4.79 Å². The Morgan fingerprint density at radius 2 is 2.00 bits per heavy atom. The van der Waals surface area contributed by atoms with Gasteiger partial charge in [0.1, 0.15) is 12.4 Å². The molecule has 0 spiro atoms. The second kappa shape index (κ2) is 8.77. The minimum Gasteiger partial charge on any atom is -0.390 e. The zero-order chi connectivity index (χ0) is 19.2. The third-order valence-corrected chi connectivity index (χ3v) is 4.48. The highest BCUT2D eigenvalue weighted by atomic mass is 19.1. The van der Waals surface area contributed by atoms with Crippen molar-refractivity contribution in [1.82, 2.24) is 4.90 Å². The Hall–Kier alpha value is -2.73. The van der Waals surface area contributed by atoms with Gasteiger partial charge >= 0.3 is 0 Å². The number of ether oxygens (including phenoxy) is 1. The van der Waals surface area contributed by atoms with Crippen LogP contribution in [-0.4, -0.2) is 42.9 Å². The summed E-state index contributed by atoms with van der Waals surface area (Å²) in [4.78, 5) is 19.5. The van der Waals surface area contributed by atoms with E-state index in [1.54, 1.807) is 23.1 Å². The summed E-state index contributed by atoms with van der Waals surface area (Å²) < 4.78 is 19.0. The van der Waals surface area contributed by atoms with Gasteiger partial charge in [-0.25, -0.2) is 4.39 Å². The molecular weight excluding hydrogens is 347 g/mol. The van der Waals surface area contributed by atoms with E-state index in [9.17, 15) is 9.18 Å². The van der Waals surface area contributed by atoms with Gasteiger partial charge in [0.15, 0.2) is 6.10 Å². The minimum absolute atomic E-state index is 0.0626. The van der Waals surface area contributed by atoms with Gasteiger partial charge in [0, 0.05) is 25.6 Å². The second-order valence-electron chi connectivity index (χ2n) is 6.63. The van der Waals surface area contributed by atoms with Crippen molar-refractivity contribution in [3.05, 3.63) is 71.0 Å². The maximum Gasteiger partial charge on any atom is 0.248 e. The van der Waals surface area contributed by atoms with Crippen LogP contribution in [0.3, 0.4) is 0 Å². The summed E-state index contributed by atoms with van der Waals surface area (Å²) in [5.41, 5.74) is 3.49.